The number of hydrogen-bond acceptors (Lipinski definition) is 3. The van der Waals surface area contributed by atoms with Gasteiger partial charge in [0.25, 0.3) is 0 Å². The molecule has 0 aromatic carbocycles. The molecule has 2 N–H and O–H groups in total. The Morgan fingerprint density at radius 1 is 1.21 bits per heavy atom. The van der Waals surface area contributed by atoms with Gasteiger partial charge in [-0.15, -0.1) is 0 Å². The van der Waals surface area contributed by atoms with Crippen molar-refractivity contribution in [2.24, 2.45) is 5.73 Å². The largest absolute Gasteiger partial charge is 0.325 e. The van der Waals surface area contributed by atoms with Crippen LogP contribution >= 0.6 is 0 Å². The van der Waals surface area contributed by atoms with E-state index in [2.05, 4.69) is 6.92 Å². The van der Waals surface area contributed by atoms with Gasteiger partial charge in [-0.25, -0.2) is 8.42 Å². The summed E-state index contributed by atoms with van der Waals surface area (Å²) in [5.74, 6) is 0.209. The van der Waals surface area contributed by atoms with Gasteiger partial charge in [-0.1, -0.05) is 26.7 Å². The zero-order chi connectivity index (χ0) is 11.2. The molecule has 0 radical (unpaired) electrons. The summed E-state index contributed by atoms with van der Waals surface area (Å²) in [5.41, 5.74) is 5.85. The van der Waals surface area contributed by atoms with Crippen molar-refractivity contribution in [3.8, 4) is 0 Å². The fourth-order valence-corrected chi connectivity index (χ4v) is 2.17. The highest BCUT2D eigenvalue weighted by Gasteiger charge is 2.23. The van der Waals surface area contributed by atoms with E-state index in [9.17, 15) is 8.42 Å². The molecule has 0 aromatic rings. The SMILES string of the molecule is CCCCC(N)(CC)CCS(C)(=O)=O. The first-order chi connectivity index (χ1) is 6.33. The predicted octanol–water partition coefficient (Wildman–Crippen LogP) is 1.72. The normalized spacial score (nSPS) is 16.6. The molecule has 0 aliphatic heterocycles. The Balaban J connectivity index is 4.12. The lowest BCUT2D eigenvalue weighted by molar-refractivity contribution is 0.356. The average Bonchev–Trinajstić information content (AvgIpc) is 2.10. The van der Waals surface area contributed by atoms with Crippen LogP contribution < -0.4 is 5.73 Å². The van der Waals surface area contributed by atoms with Gasteiger partial charge in [-0.2, -0.15) is 0 Å². The zero-order valence-corrected chi connectivity index (χ0v) is 10.4. The highest BCUT2D eigenvalue weighted by Crippen LogP contribution is 2.20. The fourth-order valence-electron chi connectivity index (χ4n) is 1.40. The van der Waals surface area contributed by atoms with Crippen LogP contribution in [0.25, 0.3) is 0 Å². The molecule has 0 aromatic heterocycles. The van der Waals surface area contributed by atoms with Crippen molar-refractivity contribution < 1.29 is 8.42 Å². The molecule has 0 spiro atoms. The standard InChI is InChI=1S/C10H23NO2S/c1-4-6-7-10(11,5-2)8-9-14(3,12)13/h4-9,11H2,1-3H3. The lowest BCUT2D eigenvalue weighted by Gasteiger charge is -2.27. The van der Waals surface area contributed by atoms with Crippen molar-refractivity contribution in [3.63, 3.8) is 0 Å². The molecule has 3 nitrogen and oxygen atoms in total. The maximum absolute atomic E-state index is 11.0. The van der Waals surface area contributed by atoms with Crippen LogP contribution in [0.5, 0.6) is 0 Å². The molecular formula is C10H23NO2S. The van der Waals surface area contributed by atoms with Gasteiger partial charge < -0.3 is 5.73 Å². The Hall–Kier alpha value is -0.0900. The van der Waals surface area contributed by atoms with Crippen LogP contribution in [-0.2, 0) is 9.84 Å². The van der Waals surface area contributed by atoms with E-state index < -0.39 is 9.84 Å². The monoisotopic (exact) mass is 221 g/mol. The van der Waals surface area contributed by atoms with Crippen molar-refractivity contribution in [1.82, 2.24) is 0 Å². The molecule has 4 heteroatoms. The van der Waals surface area contributed by atoms with Gasteiger partial charge in [-0.05, 0) is 19.3 Å². The summed E-state index contributed by atoms with van der Waals surface area (Å²) in [6, 6.07) is 0. The summed E-state index contributed by atoms with van der Waals surface area (Å²) in [7, 11) is -2.87. The predicted molar refractivity (Wildman–Crippen MR) is 61.1 cm³/mol. The zero-order valence-electron chi connectivity index (χ0n) is 9.54. The molecule has 0 aliphatic carbocycles. The molecule has 0 amide bonds. The maximum Gasteiger partial charge on any atom is 0.147 e. The van der Waals surface area contributed by atoms with Gasteiger partial charge in [0, 0.05) is 11.8 Å². The molecule has 0 rings (SSSR count). The van der Waals surface area contributed by atoms with E-state index in [0.29, 0.717) is 6.42 Å². The van der Waals surface area contributed by atoms with Gasteiger partial charge in [-0.3, -0.25) is 0 Å². The average molecular weight is 221 g/mol. The Morgan fingerprint density at radius 2 is 1.79 bits per heavy atom. The minimum Gasteiger partial charge on any atom is -0.325 e. The van der Waals surface area contributed by atoms with E-state index in [4.69, 9.17) is 5.73 Å². The van der Waals surface area contributed by atoms with Gasteiger partial charge in [0.2, 0.25) is 0 Å². The Bertz CT molecular complexity index is 249. The molecule has 1 atom stereocenters. The van der Waals surface area contributed by atoms with Gasteiger partial charge in [0.05, 0.1) is 5.75 Å². The number of sulfone groups is 1. The number of unbranched alkanes of at least 4 members (excludes halogenated alkanes) is 1. The third-order valence-electron chi connectivity index (χ3n) is 2.70. The molecule has 14 heavy (non-hydrogen) atoms. The van der Waals surface area contributed by atoms with E-state index in [0.717, 1.165) is 25.7 Å². The molecule has 86 valence electrons. The molecular weight excluding hydrogens is 198 g/mol. The first kappa shape index (κ1) is 13.9. The maximum atomic E-state index is 11.0. The second-order valence-electron chi connectivity index (χ2n) is 4.20. The van der Waals surface area contributed by atoms with Crippen LogP contribution in [0.15, 0.2) is 0 Å². The first-order valence-electron chi connectivity index (χ1n) is 5.29. The quantitative estimate of drug-likeness (QED) is 0.712. The molecule has 0 fully saturated rings. The number of nitrogens with two attached hydrogens (primary N) is 1. The second-order valence-corrected chi connectivity index (χ2v) is 6.46. The molecule has 0 heterocycles. The summed E-state index contributed by atoms with van der Waals surface area (Å²) in [4.78, 5) is 0. The Morgan fingerprint density at radius 3 is 2.14 bits per heavy atom. The summed E-state index contributed by atoms with van der Waals surface area (Å²) >= 11 is 0. The second kappa shape index (κ2) is 5.71. The third kappa shape index (κ3) is 6.38. The Labute approximate surface area is 88.0 Å². The van der Waals surface area contributed by atoms with E-state index >= 15 is 0 Å². The van der Waals surface area contributed by atoms with E-state index in [-0.39, 0.29) is 11.3 Å². The van der Waals surface area contributed by atoms with Crippen molar-refractivity contribution in [3.05, 3.63) is 0 Å². The van der Waals surface area contributed by atoms with Crippen LogP contribution in [0.4, 0.5) is 0 Å². The molecule has 0 saturated carbocycles. The van der Waals surface area contributed by atoms with Gasteiger partial charge >= 0.3 is 0 Å². The summed E-state index contributed by atoms with van der Waals surface area (Å²) in [5, 5.41) is 0. The summed E-state index contributed by atoms with van der Waals surface area (Å²) in [6.45, 7) is 4.14. The smallest absolute Gasteiger partial charge is 0.147 e. The number of hydrogen-bond donors (Lipinski definition) is 1. The lowest BCUT2D eigenvalue weighted by Crippen LogP contribution is -2.40. The van der Waals surface area contributed by atoms with Gasteiger partial charge in [0.15, 0.2) is 0 Å². The van der Waals surface area contributed by atoms with Crippen molar-refractivity contribution in [2.75, 3.05) is 12.0 Å². The van der Waals surface area contributed by atoms with Crippen molar-refractivity contribution >= 4 is 9.84 Å². The first-order valence-corrected chi connectivity index (χ1v) is 7.35. The molecule has 0 saturated heterocycles. The van der Waals surface area contributed by atoms with Crippen LogP contribution in [0, 0.1) is 0 Å². The number of rotatable bonds is 7. The fraction of sp³-hybridized carbons (Fsp3) is 1.00. The van der Waals surface area contributed by atoms with Gasteiger partial charge in [0.1, 0.15) is 9.84 Å². The van der Waals surface area contributed by atoms with Crippen LogP contribution in [-0.4, -0.2) is 26.0 Å². The lowest BCUT2D eigenvalue weighted by atomic mass is 9.88. The molecule has 0 aliphatic rings. The van der Waals surface area contributed by atoms with Crippen LogP contribution in [0.3, 0.4) is 0 Å². The van der Waals surface area contributed by atoms with E-state index in [1.165, 1.54) is 6.26 Å². The van der Waals surface area contributed by atoms with E-state index in [1.54, 1.807) is 0 Å². The third-order valence-corrected chi connectivity index (χ3v) is 3.65. The van der Waals surface area contributed by atoms with E-state index in [1.807, 2.05) is 6.92 Å². The summed E-state index contributed by atoms with van der Waals surface area (Å²) in [6.07, 6.45) is 5.81. The summed E-state index contributed by atoms with van der Waals surface area (Å²) < 4.78 is 22.0. The van der Waals surface area contributed by atoms with Crippen LogP contribution in [0.1, 0.15) is 46.0 Å². The highest BCUT2D eigenvalue weighted by molar-refractivity contribution is 7.90. The molecule has 1 unspecified atom stereocenters. The minimum absolute atomic E-state index is 0.209. The van der Waals surface area contributed by atoms with Crippen LogP contribution in [0.2, 0.25) is 0 Å². The highest BCUT2D eigenvalue weighted by atomic mass is 32.2. The van der Waals surface area contributed by atoms with Crippen molar-refractivity contribution in [2.45, 2.75) is 51.5 Å². The van der Waals surface area contributed by atoms with Crippen molar-refractivity contribution in [1.29, 1.82) is 0 Å². The topological polar surface area (TPSA) is 60.2 Å². The minimum atomic E-state index is -2.87. The molecule has 0 bridgehead atoms. The Kier molecular flexibility index (Phi) is 5.67.